The monoisotopic (exact) mass is 773 g/mol. The number of pyridine rings is 1. The Labute approximate surface area is 278 Å². The minimum absolute atomic E-state index is 0. The fraction of sp³-hybridized carbons (Fsp3) is 0.300. The number of nitrogens with zero attached hydrogens (tertiary/aromatic N) is 1. The Balaban J connectivity index is 0.000000280. The Hall–Kier alpha value is -3.79. The number of ketones is 1. The zero-order chi connectivity index (χ0) is 30.2. The summed E-state index contributed by atoms with van der Waals surface area (Å²) in [5.74, 6) is 1.29. The van der Waals surface area contributed by atoms with Gasteiger partial charge in [-0.05, 0) is 90.2 Å². The third-order valence-corrected chi connectivity index (χ3v) is 9.63. The summed E-state index contributed by atoms with van der Waals surface area (Å²) >= 11 is 0. The molecule has 2 fully saturated rings. The molecule has 4 nitrogen and oxygen atoms in total. The Morgan fingerprint density at radius 3 is 2.22 bits per heavy atom. The Morgan fingerprint density at radius 2 is 1.51 bits per heavy atom. The van der Waals surface area contributed by atoms with Gasteiger partial charge in [0.1, 0.15) is 11.3 Å². The number of phenols is 1. The molecule has 6 aromatic rings. The van der Waals surface area contributed by atoms with E-state index in [9.17, 15) is 4.79 Å². The predicted molar refractivity (Wildman–Crippen MR) is 179 cm³/mol. The van der Waals surface area contributed by atoms with Crippen LogP contribution >= 0.6 is 0 Å². The van der Waals surface area contributed by atoms with Crippen LogP contribution in [-0.4, -0.2) is 15.9 Å². The summed E-state index contributed by atoms with van der Waals surface area (Å²) in [5, 5.41) is 14.0. The van der Waals surface area contributed by atoms with E-state index >= 15 is 0 Å². The van der Waals surface area contributed by atoms with Gasteiger partial charge < -0.3 is 14.5 Å². The van der Waals surface area contributed by atoms with Crippen molar-refractivity contribution < 1.29 is 34.4 Å². The summed E-state index contributed by atoms with van der Waals surface area (Å²) in [6.07, 6.45) is 12.8. The molecule has 8 rings (SSSR count). The van der Waals surface area contributed by atoms with E-state index in [2.05, 4.69) is 61.7 Å². The van der Waals surface area contributed by atoms with Crippen molar-refractivity contribution in [1.29, 1.82) is 0 Å². The van der Waals surface area contributed by atoms with Gasteiger partial charge in [0.15, 0.2) is 5.78 Å². The summed E-state index contributed by atoms with van der Waals surface area (Å²) in [7, 11) is 0. The quantitative estimate of drug-likeness (QED) is 0.143. The van der Waals surface area contributed by atoms with Crippen LogP contribution in [0.25, 0.3) is 44.0 Å². The summed E-state index contributed by atoms with van der Waals surface area (Å²) in [6.45, 7) is 3.55. The first-order chi connectivity index (χ1) is 21.5. The number of para-hydroxylation sites is 2. The SMILES string of the molecule is CC(=O)c1ccccc1O.Cc1[c-]c(-c2ncc(C3CCCC3)c3cc(C4CCCC4)ccc23)c2oc3ccccc3c2c1.[Ir]. The van der Waals surface area contributed by atoms with Gasteiger partial charge in [0.25, 0.3) is 0 Å². The van der Waals surface area contributed by atoms with Crippen LogP contribution < -0.4 is 0 Å². The zero-order valence-electron chi connectivity index (χ0n) is 25.9. The molecule has 0 unspecified atom stereocenters. The molecule has 45 heavy (non-hydrogen) atoms. The van der Waals surface area contributed by atoms with E-state index in [1.807, 2.05) is 6.07 Å². The van der Waals surface area contributed by atoms with Crippen LogP contribution in [0.2, 0.25) is 0 Å². The van der Waals surface area contributed by atoms with Gasteiger partial charge in [-0.25, -0.2) is 0 Å². The topological polar surface area (TPSA) is 63.3 Å². The van der Waals surface area contributed by atoms with Gasteiger partial charge in [-0.2, -0.15) is 0 Å². The first-order valence-corrected chi connectivity index (χ1v) is 16.0. The predicted octanol–water partition coefficient (Wildman–Crippen LogP) is 10.8. The number of phenolic OH excluding ortho intramolecular Hbond substituents is 1. The van der Waals surface area contributed by atoms with Crippen molar-refractivity contribution in [2.24, 2.45) is 0 Å². The zero-order valence-corrected chi connectivity index (χ0v) is 28.3. The smallest absolute Gasteiger partial charge is 0.163 e. The number of rotatable bonds is 4. The number of fused-ring (bicyclic) bond motifs is 4. The third kappa shape index (κ3) is 6.09. The maximum Gasteiger partial charge on any atom is 0.163 e. The Kier molecular flexibility index (Phi) is 9.21. The number of carbonyl (C=O) groups excluding carboxylic acids is 1. The molecule has 2 aliphatic rings. The van der Waals surface area contributed by atoms with E-state index in [4.69, 9.17) is 14.5 Å². The molecule has 2 saturated carbocycles. The molecule has 0 bridgehead atoms. The third-order valence-electron chi connectivity index (χ3n) is 9.63. The number of Topliss-reactive ketones (excluding diaryl/α,β-unsaturated/α-hetero) is 1. The number of aromatic nitrogens is 1. The van der Waals surface area contributed by atoms with E-state index in [0.717, 1.165) is 38.8 Å². The second-order valence-electron chi connectivity index (χ2n) is 12.6. The van der Waals surface area contributed by atoms with Gasteiger partial charge in [-0.3, -0.25) is 4.79 Å². The Morgan fingerprint density at radius 1 is 0.822 bits per heavy atom. The van der Waals surface area contributed by atoms with Crippen LogP contribution in [0.5, 0.6) is 5.75 Å². The fourth-order valence-electron chi connectivity index (χ4n) is 7.39. The van der Waals surface area contributed by atoms with Gasteiger partial charge in [0, 0.05) is 31.7 Å². The van der Waals surface area contributed by atoms with Crippen molar-refractivity contribution in [3.63, 3.8) is 0 Å². The second kappa shape index (κ2) is 13.3. The van der Waals surface area contributed by atoms with Crippen LogP contribution in [0.15, 0.2) is 83.4 Å². The molecule has 0 aliphatic heterocycles. The average molecular weight is 773 g/mol. The molecule has 2 aliphatic carbocycles. The van der Waals surface area contributed by atoms with Crippen LogP contribution in [0.4, 0.5) is 0 Å². The molecule has 5 heteroatoms. The summed E-state index contributed by atoms with van der Waals surface area (Å²) in [4.78, 5) is 15.8. The van der Waals surface area contributed by atoms with Crippen molar-refractivity contribution >= 4 is 38.5 Å². The van der Waals surface area contributed by atoms with Gasteiger partial charge in [0.05, 0.1) is 11.1 Å². The normalized spacial score (nSPS) is 15.3. The first kappa shape index (κ1) is 31.2. The maximum absolute atomic E-state index is 10.7. The second-order valence-corrected chi connectivity index (χ2v) is 12.6. The van der Waals surface area contributed by atoms with Gasteiger partial charge >= 0.3 is 0 Å². The number of aromatic hydroxyl groups is 1. The number of hydrogen-bond acceptors (Lipinski definition) is 4. The maximum atomic E-state index is 10.7. The molecule has 231 valence electrons. The van der Waals surface area contributed by atoms with Crippen molar-refractivity contribution in [3.05, 3.63) is 107 Å². The number of carbonyl (C=O) groups is 1. The van der Waals surface area contributed by atoms with Crippen LogP contribution in [-0.2, 0) is 20.1 Å². The molecule has 1 radical (unpaired) electrons. The minimum atomic E-state index is -0.113. The fourth-order valence-corrected chi connectivity index (χ4v) is 7.39. The molecule has 0 atom stereocenters. The molecular formula is C40H38IrNO3-. The van der Waals surface area contributed by atoms with Gasteiger partial charge in [0.2, 0.25) is 0 Å². The first-order valence-electron chi connectivity index (χ1n) is 16.0. The molecule has 0 spiro atoms. The van der Waals surface area contributed by atoms with Crippen LogP contribution in [0, 0.1) is 13.0 Å². The molecule has 0 saturated heterocycles. The van der Waals surface area contributed by atoms with E-state index in [1.54, 1.807) is 18.2 Å². The molecule has 1 N–H and O–H groups in total. The van der Waals surface area contributed by atoms with Crippen molar-refractivity contribution in [1.82, 2.24) is 4.98 Å². The molecule has 2 heterocycles. The standard InChI is InChI=1S/C32H30NO.C8H8O2.Ir/c1-20-16-27-24-12-6-7-13-30(24)34-32(27)28(17-20)31-25-15-14-23(21-8-2-3-9-21)18-26(25)29(19-33-31)22-10-4-5-11-22;1-6(9)7-4-2-3-5-8(7)10;/h6-7,12-16,18-19,21-22H,2-5,8-11H2,1H3;2-5,10H,1H3;/q-1;;. The van der Waals surface area contributed by atoms with E-state index < -0.39 is 0 Å². The van der Waals surface area contributed by atoms with Gasteiger partial charge in [-0.1, -0.05) is 92.1 Å². The molecule has 0 amide bonds. The van der Waals surface area contributed by atoms with E-state index in [0.29, 0.717) is 17.4 Å². The molecule has 4 aromatic carbocycles. The van der Waals surface area contributed by atoms with E-state index in [1.165, 1.54) is 86.3 Å². The molecular weight excluding hydrogens is 735 g/mol. The summed E-state index contributed by atoms with van der Waals surface area (Å²) < 4.78 is 6.41. The average Bonchev–Trinajstić information content (AvgIpc) is 3.83. The minimum Gasteiger partial charge on any atom is -0.507 e. The van der Waals surface area contributed by atoms with Crippen LogP contribution in [0.3, 0.4) is 0 Å². The van der Waals surface area contributed by atoms with Crippen molar-refractivity contribution in [3.8, 4) is 17.0 Å². The van der Waals surface area contributed by atoms with E-state index in [-0.39, 0.29) is 31.6 Å². The Bertz CT molecular complexity index is 2000. The van der Waals surface area contributed by atoms with Crippen molar-refractivity contribution in [2.45, 2.75) is 77.0 Å². The van der Waals surface area contributed by atoms with Crippen molar-refractivity contribution in [2.75, 3.05) is 0 Å². The number of hydrogen-bond donors (Lipinski definition) is 1. The van der Waals surface area contributed by atoms with Gasteiger partial charge in [-0.15, -0.1) is 17.7 Å². The summed E-state index contributed by atoms with van der Waals surface area (Å²) in [5.41, 5.74) is 8.27. The number of benzene rings is 4. The largest absolute Gasteiger partial charge is 0.507 e. The number of aryl methyl sites for hydroxylation is 1. The molecule has 2 aromatic heterocycles. The number of furan rings is 1. The van der Waals surface area contributed by atoms with Crippen LogP contribution in [0.1, 0.15) is 97.2 Å². The summed E-state index contributed by atoms with van der Waals surface area (Å²) in [6, 6.07) is 27.8.